The number of nitrogens with one attached hydrogen (secondary N) is 1. The molecule has 4 heteroatoms. The second-order valence-corrected chi connectivity index (χ2v) is 4.78. The third kappa shape index (κ3) is 3.60. The molecule has 0 spiro atoms. The van der Waals surface area contributed by atoms with E-state index in [0.717, 1.165) is 31.5 Å². The van der Waals surface area contributed by atoms with Crippen molar-refractivity contribution in [3.8, 4) is 0 Å². The summed E-state index contributed by atoms with van der Waals surface area (Å²) in [4.78, 5) is 13.8. The quantitative estimate of drug-likeness (QED) is 0.864. The van der Waals surface area contributed by atoms with Crippen molar-refractivity contribution in [3.05, 3.63) is 24.2 Å². The molecule has 94 valence electrons. The molecule has 0 bridgehead atoms. The van der Waals surface area contributed by atoms with E-state index in [-0.39, 0.29) is 5.91 Å². The van der Waals surface area contributed by atoms with Crippen molar-refractivity contribution in [1.29, 1.82) is 0 Å². The Morgan fingerprint density at radius 2 is 2.29 bits per heavy atom. The van der Waals surface area contributed by atoms with E-state index >= 15 is 0 Å². The zero-order chi connectivity index (χ0) is 12.1. The van der Waals surface area contributed by atoms with E-state index in [9.17, 15) is 4.79 Å². The lowest BCUT2D eigenvalue weighted by molar-refractivity contribution is -0.131. The smallest absolute Gasteiger partial charge is 0.222 e. The molecule has 0 aliphatic carbocycles. The minimum absolute atomic E-state index is 0.234. The first-order valence-electron chi connectivity index (χ1n) is 6.21. The van der Waals surface area contributed by atoms with Crippen LogP contribution in [0.2, 0.25) is 0 Å². The van der Waals surface area contributed by atoms with E-state index in [2.05, 4.69) is 5.32 Å². The number of hydrogen-bond acceptors (Lipinski definition) is 3. The molecular weight excluding hydrogens is 216 g/mol. The second-order valence-electron chi connectivity index (χ2n) is 4.78. The highest BCUT2D eigenvalue weighted by atomic mass is 16.3. The summed E-state index contributed by atoms with van der Waals surface area (Å²) in [6.45, 7) is 2.73. The van der Waals surface area contributed by atoms with Crippen LogP contribution in [0.3, 0.4) is 0 Å². The first kappa shape index (κ1) is 12.2. The van der Waals surface area contributed by atoms with Crippen LogP contribution in [0, 0.1) is 5.92 Å². The molecule has 1 fully saturated rings. The minimum atomic E-state index is 0.234. The van der Waals surface area contributed by atoms with Crippen LogP contribution >= 0.6 is 0 Å². The Morgan fingerprint density at radius 1 is 1.53 bits per heavy atom. The van der Waals surface area contributed by atoms with Crippen LogP contribution in [-0.4, -0.2) is 30.9 Å². The van der Waals surface area contributed by atoms with Gasteiger partial charge in [-0.15, -0.1) is 0 Å². The van der Waals surface area contributed by atoms with E-state index in [1.165, 1.54) is 0 Å². The van der Waals surface area contributed by atoms with Gasteiger partial charge >= 0.3 is 0 Å². The Morgan fingerprint density at radius 3 is 2.94 bits per heavy atom. The zero-order valence-corrected chi connectivity index (χ0v) is 10.3. The van der Waals surface area contributed by atoms with Gasteiger partial charge < -0.3 is 14.6 Å². The number of rotatable bonds is 4. The van der Waals surface area contributed by atoms with Crippen LogP contribution in [0.15, 0.2) is 23.0 Å². The fourth-order valence-corrected chi connectivity index (χ4v) is 2.23. The van der Waals surface area contributed by atoms with E-state index in [0.29, 0.717) is 18.9 Å². The molecule has 1 aromatic heterocycles. The highest BCUT2D eigenvalue weighted by Crippen LogP contribution is 2.17. The molecule has 1 aromatic rings. The Hall–Kier alpha value is -1.29. The molecule has 0 radical (unpaired) electrons. The first-order chi connectivity index (χ1) is 8.25. The third-order valence-corrected chi connectivity index (χ3v) is 3.35. The average Bonchev–Trinajstić information content (AvgIpc) is 2.83. The summed E-state index contributed by atoms with van der Waals surface area (Å²) < 4.78 is 5.00. The van der Waals surface area contributed by atoms with E-state index in [1.807, 2.05) is 13.1 Å². The molecule has 0 unspecified atom stereocenters. The van der Waals surface area contributed by atoms with Crippen LogP contribution in [0.4, 0.5) is 0 Å². The van der Waals surface area contributed by atoms with Gasteiger partial charge in [-0.1, -0.05) is 0 Å². The molecule has 2 rings (SSSR count). The van der Waals surface area contributed by atoms with E-state index in [4.69, 9.17) is 4.42 Å². The molecule has 1 aliphatic rings. The lowest BCUT2D eigenvalue weighted by Gasteiger charge is -2.24. The second kappa shape index (κ2) is 5.87. The summed E-state index contributed by atoms with van der Waals surface area (Å²) >= 11 is 0. The molecule has 17 heavy (non-hydrogen) atoms. The van der Waals surface area contributed by atoms with Crippen LogP contribution in [0.25, 0.3) is 0 Å². The number of amides is 1. The standard InChI is InChI=1S/C13H20N2O2/c1-15(9-12-4-7-17-10-12)13(16)8-11-2-5-14-6-3-11/h4,7,10-11,14H,2-3,5-6,8-9H2,1H3. The maximum absolute atomic E-state index is 12.0. The molecule has 0 atom stereocenters. The van der Waals surface area contributed by atoms with Crippen LogP contribution < -0.4 is 5.32 Å². The molecule has 1 saturated heterocycles. The summed E-state index contributed by atoms with van der Waals surface area (Å²) in [6, 6.07) is 1.90. The van der Waals surface area contributed by atoms with Crippen LogP contribution in [-0.2, 0) is 11.3 Å². The maximum atomic E-state index is 12.0. The van der Waals surface area contributed by atoms with Gasteiger partial charge in [-0.2, -0.15) is 0 Å². The highest BCUT2D eigenvalue weighted by molar-refractivity contribution is 5.76. The summed E-state index contributed by atoms with van der Waals surface area (Å²) in [5.41, 5.74) is 1.05. The maximum Gasteiger partial charge on any atom is 0.222 e. The fraction of sp³-hybridized carbons (Fsp3) is 0.615. The van der Waals surface area contributed by atoms with Gasteiger partial charge in [-0.25, -0.2) is 0 Å². The van der Waals surface area contributed by atoms with Crippen LogP contribution in [0.1, 0.15) is 24.8 Å². The van der Waals surface area contributed by atoms with Crippen molar-refractivity contribution < 1.29 is 9.21 Å². The summed E-state index contributed by atoms with van der Waals surface area (Å²) in [5, 5.41) is 3.32. The van der Waals surface area contributed by atoms with Gasteiger partial charge in [0.25, 0.3) is 0 Å². The number of nitrogens with zero attached hydrogens (tertiary/aromatic N) is 1. The predicted octanol–water partition coefficient (Wildman–Crippen LogP) is 1.63. The van der Waals surface area contributed by atoms with E-state index in [1.54, 1.807) is 17.4 Å². The lowest BCUT2D eigenvalue weighted by Crippen LogP contribution is -2.33. The van der Waals surface area contributed by atoms with Crippen molar-refractivity contribution in [1.82, 2.24) is 10.2 Å². The molecular formula is C13H20N2O2. The van der Waals surface area contributed by atoms with Gasteiger partial charge in [-0.05, 0) is 37.9 Å². The van der Waals surface area contributed by atoms with Crippen molar-refractivity contribution in [3.63, 3.8) is 0 Å². The normalized spacial score (nSPS) is 17.0. The Kier molecular flexibility index (Phi) is 4.20. The predicted molar refractivity (Wildman–Crippen MR) is 65.4 cm³/mol. The molecule has 4 nitrogen and oxygen atoms in total. The van der Waals surface area contributed by atoms with Crippen molar-refractivity contribution >= 4 is 5.91 Å². The van der Waals surface area contributed by atoms with Gasteiger partial charge in [0.2, 0.25) is 5.91 Å². The molecule has 2 heterocycles. The lowest BCUT2D eigenvalue weighted by atomic mass is 9.94. The number of furan rings is 1. The summed E-state index contributed by atoms with van der Waals surface area (Å²) in [5.74, 6) is 0.786. The van der Waals surface area contributed by atoms with Gasteiger partial charge in [0.15, 0.2) is 0 Å². The SMILES string of the molecule is CN(Cc1ccoc1)C(=O)CC1CCNCC1. The minimum Gasteiger partial charge on any atom is -0.472 e. The fourth-order valence-electron chi connectivity index (χ4n) is 2.23. The zero-order valence-electron chi connectivity index (χ0n) is 10.3. The van der Waals surface area contributed by atoms with Crippen molar-refractivity contribution in [2.75, 3.05) is 20.1 Å². The van der Waals surface area contributed by atoms with Gasteiger partial charge in [0.05, 0.1) is 12.5 Å². The van der Waals surface area contributed by atoms with Crippen LogP contribution in [0.5, 0.6) is 0 Å². The van der Waals surface area contributed by atoms with Gasteiger partial charge in [0, 0.05) is 25.6 Å². The topological polar surface area (TPSA) is 45.5 Å². The van der Waals surface area contributed by atoms with Crippen molar-refractivity contribution in [2.45, 2.75) is 25.8 Å². The van der Waals surface area contributed by atoms with E-state index < -0.39 is 0 Å². The van der Waals surface area contributed by atoms with Gasteiger partial charge in [-0.3, -0.25) is 4.79 Å². The molecule has 0 saturated carbocycles. The summed E-state index contributed by atoms with van der Waals surface area (Å²) in [7, 11) is 1.86. The Bertz CT molecular complexity index is 342. The largest absolute Gasteiger partial charge is 0.472 e. The molecule has 0 aromatic carbocycles. The molecule has 1 N–H and O–H groups in total. The third-order valence-electron chi connectivity index (χ3n) is 3.35. The highest BCUT2D eigenvalue weighted by Gasteiger charge is 2.19. The number of carbonyl (C=O) groups is 1. The molecule has 1 aliphatic heterocycles. The average molecular weight is 236 g/mol. The Balaban J connectivity index is 1.78. The number of carbonyl (C=O) groups excluding carboxylic acids is 1. The molecule has 1 amide bonds. The van der Waals surface area contributed by atoms with Crippen molar-refractivity contribution in [2.24, 2.45) is 5.92 Å². The first-order valence-corrected chi connectivity index (χ1v) is 6.21. The Labute approximate surface area is 102 Å². The monoisotopic (exact) mass is 236 g/mol. The van der Waals surface area contributed by atoms with Gasteiger partial charge in [0.1, 0.15) is 0 Å². The summed E-state index contributed by atoms with van der Waals surface area (Å²) in [6.07, 6.45) is 6.24. The number of hydrogen-bond donors (Lipinski definition) is 1. The number of piperidine rings is 1.